The average molecular weight is 468 g/mol. The predicted molar refractivity (Wildman–Crippen MR) is 147 cm³/mol. The van der Waals surface area contributed by atoms with Gasteiger partial charge in [-0.15, -0.1) is 0 Å². The molecule has 8 atom stereocenters. The maximum absolute atomic E-state index is 4.12. The highest BCUT2D eigenvalue weighted by Gasteiger charge is 2.59. The zero-order valence-corrected chi connectivity index (χ0v) is 23.5. The van der Waals surface area contributed by atoms with Crippen molar-refractivity contribution >= 4 is 0 Å². The highest BCUT2D eigenvalue weighted by Crippen LogP contribution is 2.67. The second-order valence-corrected chi connectivity index (χ2v) is 14.7. The summed E-state index contributed by atoms with van der Waals surface area (Å²) in [6.45, 7) is 12.9. The van der Waals surface area contributed by atoms with E-state index < -0.39 is 0 Å². The predicted octanol–water partition coefficient (Wildman–Crippen LogP) is 9.32. The molecule has 1 heteroatoms. The summed E-state index contributed by atoms with van der Waals surface area (Å²) in [5.74, 6) is 5.72. The lowest BCUT2D eigenvalue weighted by Crippen LogP contribution is -2.52. The fourth-order valence-corrected chi connectivity index (χ4v) is 10.4. The Balaban J connectivity index is 1.24. The first kappa shape index (κ1) is 25.4. The fraction of sp³-hybridized carbons (Fsp3) is 0.939. The number of hydrogen-bond acceptors (Lipinski definition) is 1. The maximum Gasteiger partial charge on any atom is 0.0107 e. The number of hydrogen-bond donors (Lipinski definition) is 1. The van der Waals surface area contributed by atoms with Crippen LogP contribution in [-0.4, -0.2) is 12.1 Å². The summed E-state index contributed by atoms with van der Waals surface area (Å²) < 4.78 is 0. The third-order valence-corrected chi connectivity index (χ3v) is 12.4. The minimum absolute atomic E-state index is 0.510. The third kappa shape index (κ3) is 4.70. The van der Waals surface area contributed by atoms with E-state index >= 15 is 0 Å². The van der Waals surface area contributed by atoms with Crippen molar-refractivity contribution in [3.05, 3.63) is 11.6 Å². The molecule has 34 heavy (non-hydrogen) atoms. The molecule has 0 bridgehead atoms. The number of fused-ring (bicyclic) bond motifs is 5. The molecule has 0 spiro atoms. The van der Waals surface area contributed by atoms with Crippen LogP contribution in [0.1, 0.15) is 137 Å². The molecule has 0 aliphatic heterocycles. The van der Waals surface area contributed by atoms with E-state index in [4.69, 9.17) is 0 Å². The molecular formula is C33H57N. The van der Waals surface area contributed by atoms with E-state index in [1.807, 2.05) is 5.57 Å². The van der Waals surface area contributed by atoms with E-state index in [0.717, 1.165) is 47.6 Å². The molecule has 0 aromatic carbocycles. The summed E-state index contributed by atoms with van der Waals surface area (Å²) in [6.07, 6.45) is 26.1. The van der Waals surface area contributed by atoms with Gasteiger partial charge in [-0.2, -0.15) is 0 Å². The van der Waals surface area contributed by atoms with Gasteiger partial charge in [0.05, 0.1) is 0 Å². The van der Waals surface area contributed by atoms with Gasteiger partial charge in [-0.3, -0.25) is 0 Å². The van der Waals surface area contributed by atoms with Crippen molar-refractivity contribution in [3.8, 4) is 0 Å². The molecular weight excluding hydrogens is 410 g/mol. The van der Waals surface area contributed by atoms with Crippen LogP contribution in [0.2, 0.25) is 0 Å². The van der Waals surface area contributed by atoms with Gasteiger partial charge in [-0.1, -0.05) is 84.8 Å². The van der Waals surface area contributed by atoms with Gasteiger partial charge in [0.15, 0.2) is 0 Å². The van der Waals surface area contributed by atoms with E-state index in [1.165, 1.54) is 103 Å². The molecule has 0 amide bonds. The molecule has 4 unspecified atom stereocenters. The highest BCUT2D eigenvalue weighted by atomic mass is 15.0. The minimum Gasteiger partial charge on any atom is -0.311 e. The van der Waals surface area contributed by atoms with Crippen molar-refractivity contribution in [2.45, 2.75) is 149 Å². The van der Waals surface area contributed by atoms with Gasteiger partial charge in [0.2, 0.25) is 0 Å². The lowest BCUT2D eigenvalue weighted by atomic mass is 9.47. The Kier molecular flexibility index (Phi) is 7.62. The van der Waals surface area contributed by atoms with Crippen molar-refractivity contribution in [3.63, 3.8) is 0 Å². The van der Waals surface area contributed by atoms with E-state index in [2.05, 4.69) is 46.0 Å². The molecule has 194 valence electrons. The highest BCUT2D eigenvalue weighted by molar-refractivity contribution is 5.26. The summed E-state index contributed by atoms with van der Waals surface area (Å²) in [4.78, 5) is 0. The first-order valence-corrected chi connectivity index (χ1v) is 15.8. The van der Waals surface area contributed by atoms with Crippen LogP contribution in [-0.2, 0) is 0 Å². The van der Waals surface area contributed by atoms with E-state index in [-0.39, 0.29) is 0 Å². The van der Waals surface area contributed by atoms with Crippen LogP contribution in [0.25, 0.3) is 0 Å². The molecule has 1 N–H and O–H groups in total. The monoisotopic (exact) mass is 467 g/mol. The van der Waals surface area contributed by atoms with Crippen molar-refractivity contribution in [1.82, 2.24) is 5.32 Å². The molecule has 0 aromatic heterocycles. The summed E-state index contributed by atoms with van der Waals surface area (Å²) in [5.41, 5.74) is 3.00. The Hall–Kier alpha value is -0.300. The van der Waals surface area contributed by atoms with Crippen LogP contribution in [0, 0.1) is 46.3 Å². The SMILES string of the molecule is CC(C)CCC[C@@H](C)C1CCC2C3CC=C4C[C@@H](NC5CCCCC5)CC[C@]4(C)C3CC[C@@]21C. The first-order valence-electron chi connectivity index (χ1n) is 15.8. The van der Waals surface area contributed by atoms with Gasteiger partial charge >= 0.3 is 0 Å². The largest absolute Gasteiger partial charge is 0.311 e. The third-order valence-electron chi connectivity index (χ3n) is 12.4. The molecule has 0 radical (unpaired) electrons. The molecule has 1 nitrogen and oxygen atoms in total. The standard InChI is InChI=1S/C33H57N/c1-23(2)10-9-11-24(3)29-16-17-30-28-15-14-25-22-27(34-26-12-7-6-8-13-26)18-20-32(25,4)31(28)19-21-33(29,30)5/h14,23-24,26-31,34H,6-13,15-22H2,1-5H3/t24-,27+,28?,29?,30?,31?,32+,33-/m1/s1. The van der Waals surface area contributed by atoms with E-state index in [0.29, 0.717) is 10.8 Å². The normalized spacial score (nSPS) is 43.7. The van der Waals surface area contributed by atoms with Crippen molar-refractivity contribution in [1.29, 1.82) is 0 Å². The summed E-state index contributed by atoms with van der Waals surface area (Å²) in [5, 5.41) is 4.12. The Morgan fingerprint density at radius 1 is 0.853 bits per heavy atom. The quantitative estimate of drug-likeness (QED) is 0.368. The summed E-state index contributed by atoms with van der Waals surface area (Å²) >= 11 is 0. The Morgan fingerprint density at radius 2 is 1.65 bits per heavy atom. The fourth-order valence-electron chi connectivity index (χ4n) is 10.4. The topological polar surface area (TPSA) is 12.0 Å². The van der Waals surface area contributed by atoms with Crippen LogP contribution >= 0.6 is 0 Å². The van der Waals surface area contributed by atoms with Crippen molar-refractivity contribution < 1.29 is 0 Å². The Labute approximate surface area is 212 Å². The lowest BCUT2D eigenvalue weighted by Gasteiger charge is -2.58. The average Bonchev–Trinajstić information content (AvgIpc) is 3.17. The molecule has 5 aliphatic carbocycles. The van der Waals surface area contributed by atoms with Crippen LogP contribution < -0.4 is 5.32 Å². The molecule has 0 aromatic rings. The second-order valence-electron chi connectivity index (χ2n) is 14.7. The second kappa shape index (κ2) is 10.2. The van der Waals surface area contributed by atoms with E-state index in [9.17, 15) is 0 Å². The van der Waals surface area contributed by atoms with E-state index in [1.54, 1.807) is 0 Å². The number of rotatable bonds is 7. The van der Waals surface area contributed by atoms with Crippen molar-refractivity contribution in [2.24, 2.45) is 46.3 Å². The van der Waals surface area contributed by atoms with Gasteiger partial charge in [0.1, 0.15) is 0 Å². The van der Waals surface area contributed by atoms with Crippen LogP contribution in [0.3, 0.4) is 0 Å². The van der Waals surface area contributed by atoms with Crippen LogP contribution in [0.4, 0.5) is 0 Å². The van der Waals surface area contributed by atoms with Crippen LogP contribution in [0.15, 0.2) is 11.6 Å². The smallest absolute Gasteiger partial charge is 0.0107 e. The zero-order chi connectivity index (χ0) is 23.9. The van der Waals surface area contributed by atoms with Crippen molar-refractivity contribution in [2.75, 3.05) is 0 Å². The molecule has 4 fully saturated rings. The molecule has 5 aliphatic rings. The number of allylic oxidation sites excluding steroid dienone is 1. The lowest BCUT2D eigenvalue weighted by molar-refractivity contribution is -0.0517. The first-order chi connectivity index (χ1) is 16.3. The van der Waals surface area contributed by atoms with Gasteiger partial charge in [-0.05, 0) is 111 Å². The molecule has 5 rings (SSSR count). The zero-order valence-electron chi connectivity index (χ0n) is 23.5. The summed E-state index contributed by atoms with van der Waals surface area (Å²) in [7, 11) is 0. The maximum atomic E-state index is 4.12. The van der Waals surface area contributed by atoms with Crippen LogP contribution in [0.5, 0.6) is 0 Å². The van der Waals surface area contributed by atoms with Gasteiger partial charge in [0, 0.05) is 12.1 Å². The molecule has 4 saturated carbocycles. The minimum atomic E-state index is 0.510. The Bertz CT molecular complexity index is 716. The molecule has 0 saturated heterocycles. The van der Waals surface area contributed by atoms with Gasteiger partial charge < -0.3 is 5.32 Å². The summed E-state index contributed by atoms with van der Waals surface area (Å²) in [6, 6.07) is 1.57. The van der Waals surface area contributed by atoms with Gasteiger partial charge in [0.25, 0.3) is 0 Å². The number of nitrogens with one attached hydrogen (secondary N) is 1. The Morgan fingerprint density at radius 3 is 2.41 bits per heavy atom. The molecule has 0 heterocycles. The van der Waals surface area contributed by atoms with Gasteiger partial charge in [-0.25, -0.2) is 0 Å².